The van der Waals surface area contributed by atoms with E-state index in [1.54, 1.807) is 13.8 Å². The van der Waals surface area contributed by atoms with Crippen molar-refractivity contribution in [3.63, 3.8) is 0 Å². The van der Waals surface area contributed by atoms with Crippen molar-refractivity contribution in [1.82, 2.24) is 4.90 Å². The zero-order valence-electron chi connectivity index (χ0n) is 8.71. The number of nitrogens with zero attached hydrogens (tertiary/aromatic N) is 1. The second-order valence-corrected chi connectivity index (χ2v) is 4.65. The summed E-state index contributed by atoms with van der Waals surface area (Å²) in [4.78, 5) is 13.1. The lowest BCUT2D eigenvalue weighted by Gasteiger charge is -2.23. The monoisotopic (exact) mass is 185 g/mol. The number of hydrogen-bond donors (Lipinski definition) is 1. The molecule has 76 valence electrons. The van der Waals surface area contributed by atoms with Crippen LogP contribution in [-0.2, 0) is 4.79 Å². The smallest absolute Gasteiger partial charge is 0.309 e. The van der Waals surface area contributed by atoms with Crippen molar-refractivity contribution >= 4 is 5.97 Å². The molecule has 0 radical (unpaired) electrons. The van der Waals surface area contributed by atoms with E-state index < -0.39 is 11.4 Å². The molecule has 1 rings (SSSR count). The van der Waals surface area contributed by atoms with Crippen LogP contribution in [0.2, 0.25) is 0 Å². The van der Waals surface area contributed by atoms with Crippen molar-refractivity contribution in [3.8, 4) is 0 Å². The van der Waals surface area contributed by atoms with Crippen LogP contribution in [0.25, 0.3) is 0 Å². The molecule has 0 amide bonds. The van der Waals surface area contributed by atoms with E-state index in [0.29, 0.717) is 0 Å². The molecular weight excluding hydrogens is 166 g/mol. The molecule has 13 heavy (non-hydrogen) atoms. The average molecular weight is 185 g/mol. The molecule has 0 aromatic heterocycles. The van der Waals surface area contributed by atoms with Crippen LogP contribution in [0.4, 0.5) is 0 Å². The Labute approximate surface area is 79.7 Å². The first kappa shape index (κ1) is 10.5. The van der Waals surface area contributed by atoms with Crippen molar-refractivity contribution in [2.45, 2.75) is 39.2 Å². The van der Waals surface area contributed by atoms with Crippen LogP contribution < -0.4 is 0 Å². The normalized spacial score (nSPS) is 17.8. The average Bonchev–Trinajstić information content (AvgIpc) is 2.82. The number of rotatable bonds is 5. The molecule has 0 aromatic rings. The number of carbonyl (C=O) groups is 1. The van der Waals surface area contributed by atoms with E-state index in [4.69, 9.17) is 5.11 Å². The van der Waals surface area contributed by atoms with Gasteiger partial charge in [0.1, 0.15) is 0 Å². The highest BCUT2D eigenvalue weighted by atomic mass is 16.4. The molecule has 1 aliphatic carbocycles. The van der Waals surface area contributed by atoms with Crippen molar-refractivity contribution in [1.29, 1.82) is 0 Å². The molecule has 1 aliphatic rings. The van der Waals surface area contributed by atoms with E-state index in [-0.39, 0.29) is 0 Å². The summed E-state index contributed by atoms with van der Waals surface area (Å²) in [5, 5.41) is 8.89. The Hall–Kier alpha value is -0.570. The van der Waals surface area contributed by atoms with Crippen LogP contribution in [0.15, 0.2) is 0 Å². The Morgan fingerprint density at radius 2 is 2.08 bits per heavy atom. The Morgan fingerprint density at radius 3 is 2.46 bits per heavy atom. The van der Waals surface area contributed by atoms with Crippen molar-refractivity contribution in [2.75, 3.05) is 13.6 Å². The van der Waals surface area contributed by atoms with Gasteiger partial charge in [-0.05, 0) is 46.7 Å². The molecule has 0 heterocycles. The maximum atomic E-state index is 10.8. The van der Waals surface area contributed by atoms with E-state index in [0.717, 1.165) is 19.0 Å². The summed E-state index contributed by atoms with van der Waals surface area (Å²) in [6.45, 7) is 4.47. The fourth-order valence-electron chi connectivity index (χ4n) is 1.26. The van der Waals surface area contributed by atoms with Crippen molar-refractivity contribution in [3.05, 3.63) is 0 Å². The molecule has 1 saturated carbocycles. The molecule has 0 unspecified atom stereocenters. The highest BCUT2D eigenvalue weighted by Gasteiger charge is 2.30. The zero-order chi connectivity index (χ0) is 10.1. The second-order valence-electron chi connectivity index (χ2n) is 4.65. The van der Waals surface area contributed by atoms with Gasteiger partial charge in [0.15, 0.2) is 0 Å². The minimum Gasteiger partial charge on any atom is -0.481 e. The van der Waals surface area contributed by atoms with E-state index in [9.17, 15) is 4.79 Å². The van der Waals surface area contributed by atoms with Crippen molar-refractivity contribution in [2.24, 2.45) is 5.41 Å². The van der Waals surface area contributed by atoms with Gasteiger partial charge in [0.2, 0.25) is 0 Å². The molecule has 0 saturated heterocycles. The Balaban J connectivity index is 2.27. The quantitative estimate of drug-likeness (QED) is 0.707. The lowest BCUT2D eigenvalue weighted by Crippen LogP contribution is -2.31. The van der Waals surface area contributed by atoms with Crippen LogP contribution in [0.5, 0.6) is 0 Å². The number of carboxylic acid groups (broad SMARTS) is 1. The fraction of sp³-hybridized carbons (Fsp3) is 0.900. The third-order valence-electron chi connectivity index (χ3n) is 2.84. The maximum Gasteiger partial charge on any atom is 0.309 e. The van der Waals surface area contributed by atoms with Gasteiger partial charge in [-0.15, -0.1) is 0 Å². The minimum absolute atomic E-state index is 0.580. The summed E-state index contributed by atoms with van der Waals surface area (Å²) in [6, 6.07) is 0.726. The highest BCUT2D eigenvalue weighted by molar-refractivity contribution is 5.73. The molecule has 0 bridgehead atoms. The molecule has 0 atom stereocenters. The first-order valence-electron chi connectivity index (χ1n) is 4.87. The first-order valence-corrected chi connectivity index (χ1v) is 4.87. The molecule has 3 heteroatoms. The summed E-state index contributed by atoms with van der Waals surface area (Å²) in [5.41, 5.74) is -0.580. The molecule has 1 N–H and O–H groups in total. The predicted molar refractivity (Wildman–Crippen MR) is 51.7 cm³/mol. The van der Waals surface area contributed by atoms with Gasteiger partial charge in [0.05, 0.1) is 5.41 Å². The molecule has 3 nitrogen and oxygen atoms in total. The molecule has 0 aromatic carbocycles. The van der Waals surface area contributed by atoms with Crippen LogP contribution in [0.3, 0.4) is 0 Å². The first-order chi connectivity index (χ1) is 5.93. The number of carboxylic acids is 1. The fourth-order valence-corrected chi connectivity index (χ4v) is 1.26. The van der Waals surface area contributed by atoms with Crippen LogP contribution in [0, 0.1) is 5.41 Å². The van der Waals surface area contributed by atoms with E-state index in [1.807, 2.05) is 0 Å². The Bertz CT molecular complexity index is 197. The summed E-state index contributed by atoms with van der Waals surface area (Å²) in [5.74, 6) is -0.698. The van der Waals surface area contributed by atoms with Gasteiger partial charge < -0.3 is 10.0 Å². The van der Waals surface area contributed by atoms with Gasteiger partial charge >= 0.3 is 5.97 Å². The van der Waals surface area contributed by atoms with Gasteiger partial charge in [-0.1, -0.05) is 0 Å². The van der Waals surface area contributed by atoms with E-state index >= 15 is 0 Å². The molecule has 0 aliphatic heterocycles. The predicted octanol–water partition coefficient (Wildman–Crippen LogP) is 1.58. The summed E-state index contributed by atoms with van der Waals surface area (Å²) >= 11 is 0. The zero-order valence-corrected chi connectivity index (χ0v) is 8.71. The topological polar surface area (TPSA) is 40.5 Å². The maximum absolute atomic E-state index is 10.8. The van der Waals surface area contributed by atoms with E-state index in [1.165, 1.54) is 12.8 Å². The third kappa shape index (κ3) is 2.99. The summed E-state index contributed by atoms with van der Waals surface area (Å²) < 4.78 is 0. The van der Waals surface area contributed by atoms with Crippen LogP contribution in [-0.4, -0.2) is 35.6 Å². The Morgan fingerprint density at radius 1 is 1.54 bits per heavy atom. The Kier molecular flexibility index (Phi) is 2.96. The van der Waals surface area contributed by atoms with Crippen LogP contribution in [0.1, 0.15) is 33.1 Å². The molecular formula is C10H19NO2. The largest absolute Gasteiger partial charge is 0.481 e. The van der Waals surface area contributed by atoms with Gasteiger partial charge in [0, 0.05) is 6.04 Å². The van der Waals surface area contributed by atoms with Gasteiger partial charge in [-0.3, -0.25) is 4.79 Å². The van der Waals surface area contributed by atoms with Gasteiger partial charge in [-0.2, -0.15) is 0 Å². The standard InChI is InChI=1S/C10H19NO2/c1-10(2,9(12)13)6-7-11(3)8-4-5-8/h8H,4-7H2,1-3H3,(H,12,13). The van der Waals surface area contributed by atoms with Gasteiger partial charge in [-0.25, -0.2) is 0 Å². The highest BCUT2D eigenvalue weighted by Crippen LogP contribution is 2.27. The van der Waals surface area contributed by atoms with Crippen LogP contribution >= 0.6 is 0 Å². The molecule has 0 spiro atoms. The lowest BCUT2D eigenvalue weighted by molar-refractivity contribution is -0.147. The number of hydrogen-bond acceptors (Lipinski definition) is 2. The molecule has 1 fully saturated rings. The van der Waals surface area contributed by atoms with Crippen molar-refractivity contribution < 1.29 is 9.90 Å². The van der Waals surface area contributed by atoms with Gasteiger partial charge in [0.25, 0.3) is 0 Å². The lowest BCUT2D eigenvalue weighted by atomic mass is 9.89. The second kappa shape index (κ2) is 3.66. The minimum atomic E-state index is -0.698. The number of aliphatic carboxylic acids is 1. The third-order valence-corrected chi connectivity index (χ3v) is 2.84. The SMILES string of the molecule is CN(CCC(C)(C)C(=O)O)C1CC1. The summed E-state index contributed by atoms with van der Waals surface area (Å²) in [7, 11) is 2.08. The summed E-state index contributed by atoms with van der Waals surface area (Å²) in [6.07, 6.45) is 3.29. The van der Waals surface area contributed by atoms with E-state index in [2.05, 4.69) is 11.9 Å².